The van der Waals surface area contributed by atoms with Gasteiger partial charge < -0.3 is 24.6 Å². The van der Waals surface area contributed by atoms with Gasteiger partial charge in [-0.2, -0.15) is 0 Å². The molecule has 0 saturated heterocycles. The summed E-state index contributed by atoms with van der Waals surface area (Å²) in [6.07, 6.45) is 1.56. The lowest BCUT2D eigenvalue weighted by atomic mass is 10.2. The van der Waals surface area contributed by atoms with Gasteiger partial charge in [0.2, 0.25) is 0 Å². The summed E-state index contributed by atoms with van der Waals surface area (Å²) < 4.78 is 16.6. The average molecular weight is 359 g/mol. The maximum atomic E-state index is 9.23. The van der Waals surface area contributed by atoms with E-state index in [0.29, 0.717) is 6.61 Å². The normalized spacial score (nSPS) is 11.8. The monoisotopic (exact) mass is 359 g/mol. The van der Waals surface area contributed by atoms with Gasteiger partial charge in [0.25, 0.3) is 0 Å². The van der Waals surface area contributed by atoms with E-state index in [4.69, 9.17) is 14.2 Å². The lowest BCUT2D eigenvalue weighted by Crippen LogP contribution is -2.20. The van der Waals surface area contributed by atoms with Crippen molar-refractivity contribution >= 4 is 0 Å². The minimum absolute atomic E-state index is 0.0349. The van der Waals surface area contributed by atoms with E-state index in [2.05, 4.69) is 11.4 Å². The molecule has 2 aromatic rings. The maximum Gasteiger partial charge on any atom is 0.121 e. The molecule has 0 amide bonds. The predicted molar refractivity (Wildman–Crippen MR) is 103 cm³/mol. The van der Waals surface area contributed by atoms with Crippen LogP contribution in [0.15, 0.2) is 48.5 Å². The van der Waals surface area contributed by atoms with E-state index in [0.717, 1.165) is 48.7 Å². The van der Waals surface area contributed by atoms with Crippen LogP contribution in [-0.4, -0.2) is 38.1 Å². The first-order valence-electron chi connectivity index (χ1n) is 9.09. The highest BCUT2D eigenvalue weighted by molar-refractivity contribution is 5.31. The molecular formula is C21H29NO4. The molecule has 1 atom stereocenters. The van der Waals surface area contributed by atoms with E-state index in [1.54, 1.807) is 7.11 Å². The molecule has 2 aromatic carbocycles. The van der Waals surface area contributed by atoms with Crippen molar-refractivity contribution in [1.29, 1.82) is 0 Å². The fourth-order valence-corrected chi connectivity index (χ4v) is 2.46. The Balaban J connectivity index is 1.64. The highest BCUT2D eigenvalue weighted by Crippen LogP contribution is 2.17. The second-order valence-corrected chi connectivity index (χ2v) is 6.03. The van der Waals surface area contributed by atoms with E-state index in [-0.39, 0.29) is 12.7 Å². The smallest absolute Gasteiger partial charge is 0.121 e. The molecule has 26 heavy (non-hydrogen) atoms. The van der Waals surface area contributed by atoms with Gasteiger partial charge in [-0.1, -0.05) is 19.1 Å². The van der Waals surface area contributed by atoms with Crippen LogP contribution in [0.3, 0.4) is 0 Å². The minimum atomic E-state index is -0.145. The molecule has 0 fully saturated rings. The van der Waals surface area contributed by atoms with Crippen LogP contribution < -0.4 is 19.5 Å². The van der Waals surface area contributed by atoms with Crippen molar-refractivity contribution in [2.75, 3.05) is 26.9 Å². The second kappa shape index (κ2) is 11.4. The molecule has 0 aromatic heterocycles. The van der Waals surface area contributed by atoms with Crippen molar-refractivity contribution in [3.05, 3.63) is 54.1 Å². The molecule has 5 heteroatoms. The first-order chi connectivity index (χ1) is 12.7. The molecule has 0 heterocycles. The summed E-state index contributed by atoms with van der Waals surface area (Å²) in [7, 11) is 1.65. The van der Waals surface area contributed by atoms with Gasteiger partial charge in [-0.05, 0) is 61.3 Å². The topological polar surface area (TPSA) is 60.0 Å². The Kier molecular flexibility index (Phi) is 8.79. The van der Waals surface area contributed by atoms with Gasteiger partial charge in [0.15, 0.2) is 0 Å². The largest absolute Gasteiger partial charge is 0.497 e. The Morgan fingerprint density at radius 3 is 2.50 bits per heavy atom. The number of aliphatic hydroxyl groups is 1. The van der Waals surface area contributed by atoms with E-state index in [1.165, 1.54) is 0 Å². The lowest BCUT2D eigenvalue weighted by Gasteiger charge is -2.15. The van der Waals surface area contributed by atoms with Crippen LogP contribution in [-0.2, 0) is 6.54 Å². The van der Waals surface area contributed by atoms with Gasteiger partial charge in [-0.15, -0.1) is 0 Å². The number of rotatable bonds is 12. The first-order valence-corrected chi connectivity index (χ1v) is 9.09. The SMILES string of the molecule is CC[C@H](CO)Oc1cccc(CNCCCOc2ccc(OC)cc2)c1. The average Bonchev–Trinajstić information content (AvgIpc) is 2.69. The van der Waals surface area contributed by atoms with Gasteiger partial charge in [-0.3, -0.25) is 0 Å². The van der Waals surface area contributed by atoms with Crippen LogP contribution in [0.25, 0.3) is 0 Å². The minimum Gasteiger partial charge on any atom is -0.497 e. The fourth-order valence-electron chi connectivity index (χ4n) is 2.46. The summed E-state index contributed by atoms with van der Waals surface area (Å²) in [5.41, 5.74) is 1.16. The van der Waals surface area contributed by atoms with Gasteiger partial charge >= 0.3 is 0 Å². The molecule has 0 aliphatic rings. The summed E-state index contributed by atoms with van der Waals surface area (Å²) in [5.74, 6) is 2.48. The number of methoxy groups -OCH3 is 1. The Hall–Kier alpha value is -2.24. The third kappa shape index (κ3) is 6.94. The lowest BCUT2D eigenvalue weighted by molar-refractivity contribution is 0.112. The molecule has 0 saturated carbocycles. The quantitative estimate of drug-likeness (QED) is 0.569. The fraction of sp³-hybridized carbons (Fsp3) is 0.429. The van der Waals surface area contributed by atoms with Crippen molar-refractivity contribution in [3.8, 4) is 17.2 Å². The molecule has 0 spiro atoms. The van der Waals surface area contributed by atoms with Crippen LogP contribution in [0, 0.1) is 0 Å². The molecular weight excluding hydrogens is 330 g/mol. The molecule has 2 N–H and O–H groups in total. The number of aliphatic hydroxyl groups excluding tert-OH is 1. The van der Waals surface area contributed by atoms with E-state index in [9.17, 15) is 5.11 Å². The molecule has 0 unspecified atom stereocenters. The number of benzene rings is 2. The van der Waals surface area contributed by atoms with Crippen LogP contribution in [0.5, 0.6) is 17.2 Å². The summed E-state index contributed by atoms with van der Waals surface area (Å²) in [4.78, 5) is 0. The molecule has 5 nitrogen and oxygen atoms in total. The highest BCUT2D eigenvalue weighted by atomic mass is 16.5. The Morgan fingerprint density at radius 1 is 1.04 bits per heavy atom. The summed E-state index contributed by atoms with van der Waals surface area (Å²) in [6.45, 7) is 4.34. The molecule has 142 valence electrons. The zero-order valence-electron chi connectivity index (χ0n) is 15.6. The first kappa shape index (κ1) is 20.1. The molecule has 0 aliphatic carbocycles. The van der Waals surface area contributed by atoms with Gasteiger partial charge in [0.05, 0.1) is 20.3 Å². The van der Waals surface area contributed by atoms with Gasteiger partial charge in [-0.25, -0.2) is 0 Å². The zero-order valence-corrected chi connectivity index (χ0v) is 15.6. The molecule has 0 radical (unpaired) electrons. The zero-order chi connectivity index (χ0) is 18.6. The number of hydrogen-bond acceptors (Lipinski definition) is 5. The van der Waals surface area contributed by atoms with E-state index < -0.39 is 0 Å². The van der Waals surface area contributed by atoms with Gasteiger partial charge in [0, 0.05) is 6.54 Å². The van der Waals surface area contributed by atoms with E-state index in [1.807, 2.05) is 49.4 Å². The Morgan fingerprint density at radius 2 is 1.81 bits per heavy atom. The summed E-state index contributed by atoms with van der Waals surface area (Å²) >= 11 is 0. The van der Waals surface area contributed by atoms with Crippen LogP contribution in [0.4, 0.5) is 0 Å². The number of hydrogen-bond donors (Lipinski definition) is 2. The van der Waals surface area contributed by atoms with Crippen LogP contribution in [0.1, 0.15) is 25.3 Å². The van der Waals surface area contributed by atoms with Crippen molar-refractivity contribution in [1.82, 2.24) is 5.32 Å². The van der Waals surface area contributed by atoms with Crippen molar-refractivity contribution in [2.24, 2.45) is 0 Å². The Labute approximate surface area is 155 Å². The van der Waals surface area contributed by atoms with E-state index >= 15 is 0 Å². The third-order valence-electron chi connectivity index (χ3n) is 4.02. The summed E-state index contributed by atoms with van der Waals surface area (Å²) in [5, 5.41) is 12.6. The van der Waals surface area contributed by atoms with Gasteiger partial charge in [0.1, 0.15) is 23.4 Å². The number of ether oxygens (including phenoxy) is 3. The van der Waals surface area contributed by atoms with Crippen molar-refractivity contribution in [3.63, 3.8) is 0 Å². The summed E-state index contributed by atoms with van der Waals surface area (Å²) in [6, 6.07) is 15.6. The van der Waals surface area contributed by atoms with Crippen molar-refractivity contribution < 1.29 is 19.3 Å². The van der Waals surface area contributed by atoms with Crippen LogP contribution >= 0.6 is 0 Å². The molecule has 0 bridgehead atoms. The second-order valence-electron chi connectivity index (χ2n) is 6.03. The highest BCUT2D eigenvalue weighted by Gasteiger charge is 2.06. The van der Waals surface area contributed by atoms with Crippen molar-refractivity contribution in [2.45, 2.75) is 32.4 Å². The predicted octanol–water partition coefficient (Wildman–Crippen LogP) is 3.40. The molecule has 0 aliphatic heterocycles. The number of nitrogens with one attached hydrogen (secondary N) is 1. The Bertz CT molecular complexity index is 626. The van der Waals surface area contributed by atoms with Crippen LogP contribution in [0.2, 0.25) is 0 Å². The molecule has 2 rings (SSSR count). The third-order valence-corrected chi connectivity index (χ3v) is 4.02. The maximum absolute atomic E-state index is 9.23. The standard InChI is InChI=1S/C21H29NO4/c1-3-18(16-23)26-21-7-4-6-17(14-21)15-22-12-5-13-25-20-10-8-19(24-2)9-11-20/h4,6-11,14,18,22-23H,3,5,12-13,15-16H2,1-2H3/t18-/m1/s1.